The van der Waals surface area contributed by atoms with Crippen LogP contribution in [0, 0.1) is 11.6 Å². The largest absolute Gasteiger partial charge is 0.339 e. The summed E-state index contributed by atoms with van der Waals surface area (Å²) in [6.45, 7) is 0. The minimum atomic E-state index is -4.31. The van der Waals surface area contributed by atoms with E-state index >= 15 is 0 Å². The molecule has 104 valence electrons. The maximum atomic E-state index is 13.2. The van der Waals surface area contributed by atoms with Crippen molar-refractivity contribution in [3.63, 3.8) is 0 Å². The number of hydrogen-bond acceptors (Lipinski definition) is 3. The summed E-state index contributed by atoms with van der Waals surface area (Å²) in [5, 5.41) is 4.92. The van der Waals surface area contributed by atoms with Crippen molar-refractivity contribution in [2.24, 2.45) is 5.14 Å². The zero-order valence-electron chi connectivity index (χ0n) is 10.1. The lowest BCUT2D eigenvalue weighted by molar-refractivity contribution is 0.0780. The van der Waals surface area contributed by atoms with Gasteiger partial charge in [0.15, 0.2) is 11.6 Å². The van der Waals surface area contributed by atoms with Gasteiger partial charge in [0.25, 0.3) is 5.91 Å². The lowest BCUT2D eigenvalue weighted by atomic mass is 10.2. The Balaban J connectivity index is 2.54. The van der Waals surface area contributed by atoms with Crippen LogP contribution in [0.4, 0.5) is 8.78 Å². The van der Waals surface area contributed by atoms with E-state index in [0.717, 1.165) is 12.8 Å². The molecule has 1 saturated carbocycles. The van der Waals surface area contributed by atoms with Gasteiger partial charge in [-0.2, -0.15) is 0 Å². The summed E-state index contributed by atoms with van der Waals surface area (Å²) >= 11 is 0. The van der Waals surface area contributed by atoms with Gasteiger partial charge in [-0.3, -0.25) is 4.79 Å². The number of primary sulfonamides is 1. The number of benzene rings is 1. The first kappa shape index (κ1) is 13.9. The fourth-order valence-electron chi connectivity index (χ4n) is 1.75. The Morgan fingerprint density at radius 3 is 2.32 bits per heavy atom. The van der Waals surface area contributed by atoms with E-state index in [1.165, 1.54) is 11.9 Å². The number of rotatable bonds is 3. The van der Waals surface area contributed by atoms with E-state index in [0.29, 0.717) is 12.1 Å². The van der Waals surface area contributed by atoms with E-state index in [9.17, 15) is 22.0 Å². The number of nitrogens with zero attached hydrogens (tertiary/aromatic N) is 1. The highest BCUT2D eigenvalue weighted by atomic mass is 32.2. The van der Waals surface area contributed by atoms with Gasteiger partial charge >= 0.3 is 0 Å². The SMILES string of the molecule is CN(C(=O)c1cc(F)c(F)cc1S(N)(=O)=O)C1CC1. The minimum absolute atomic E-state index is 0.00828. The number of amides is 1. The summed E-state index contributed by atoms with van der Waals surface area (Å²) in [6.07, 6.45) is 1.60. The zero-order chi connectivity index (χ0) is 14.4. The molecule has 2 rings (SSSR count). The van der Waals surface area contributed by atoms with Gasteiger partial charge in [-0.05, 0) is 25.0 Å². The van der Waals surface area contributed by atoms with Crippen LogP contribution in [-0.4, -0.2) is 32.3 Å². The van der Waals surface area contributed by atoms with Crippen molar-refractivity contribution in [2.75, 3.05) is 7.05 Å². The van der Waals surface area contributed by atoms with Crippen molar-refractivity contribution in [1.82, 2.24) is 4.90 Å². The third-order valence-electron chi connectivity index (χ3n) is 2.97. The molecule has 0 spiro atoms. The first-order valence-electron chi connectivity index (χ1n) is 5.51. The molecule has 8 heteroatoms. The molecule has 1 amide bonds. The summed E-state index contributed by atoms with van der Waals surface area (Å²) < 4.78 is 49.0. The molecule has 5 nitrogen and oxygen atoms in total. The van der Waals surface area contributed by atoms with Crippen LogP contribution < -0.4 is 5.14 Å². The van der Waals surface area contributed by atoms with Crippen molar-refractivity contribution < 1.29 is 22.0 Å². The molecule has 0 bridgehead atoms. The van der Waals surface area contributed by atoms with Crippen LogP contribution in [0.25, 0.3) is 0 Å². The molecule has 1 aromatic rings. The summed E-state index contributed by atoms with van der Waals surface area (Å²) in [7, 11) is -2.83. The summed E-state index contributed by atoms with van der Waals surface area (Å²) in [4.78, 5) is 12.7. The van der Waals surface area contributed by atoms with Gasteiger partial charge in [0.1, 0.15) is 0 Å². The average molecular weight is 290 g/mol. The Kier molecular flexibility index (Phi) is 3.31. The van der Waals surface area contributed by atoms with Crippen LogP contribution in [0.1, 0.15) is 23.2 Å². The van der Waals surface area contributed by atoms with Crippen LogP contribution in [0.2, 0.25) is 0 Å². The van der Waals surface area contributed by atoms with E-state index < -0.39 is 38.0 Å². The monoisotopic (exact) mass is 290 g/mol. The number of halogens is 2. The molecule has 2 N–H and O–H groups in total. The lowest BCUT2D eigenvalue weighted by Crippen LogP contribution is -2.31. The van der Waals surface area contributed by atoms with Crippen LogP contribution in [0.5, 0.6) is 0 Å². The van der Waals surface area contributed by atoms with Crippen LogP contribution in [-0.2, 0) is 10.0 Å². The first-order valence-corrected chi connectivity index (χ1v) is 7.05. The van der Waals surface area contributed by atoms with E-state index in [4.69, 9.17) is 5.14 Å². The van der Waals surface area contributed by atoms with Gasteiger partial charge in [0, 0.05) is 13.1 Å². The highest BCUT2D eigenvalue weighted by Gasteiger charge is 2.33. The smallest absolute Gasteiger partial charge is 0.255 e. The van der Waals surface area contributed by atoms with Crippen LogP contribution in [0.3, 0.4) is 0 Å². The van der Waals surface area contributed by atoms with E-state index in [1.807, 2.05) is 0 Å². The van der Waals surface area contributed by atoms with Gasteiger partial charge in [-0.15, -0.1) is 0 Å². The van der Waals surface area contributed by atoms with Crippen molar-refractivity contribution in [3.05, 3.63) is 29.3 Å². The maximum Gasteiger partial charge on any atom is 0.255 e. The standard InChI is InChI=1S/C11H12F2N2O3S/c1-15(6-2-3-6)11(16)7-4-8(12)9(13)5-10(7)19(14,17)18/h4-6H,2-3H2,1H3,(H2,14,17,18). The maximum absolute atomic E-state index is 13.2. The third-order valence-corrected chi connectivity index (χ3v) is 3.93. The van der Waals surface area contributed by atoms with E-state index in [2.05, 4.69) is 0 Å². The van der Waals surface area contributed by atoms with Crippen molar-refractivity contribution >= 4 is 15.9 Å². The number of nitrogens with two attached hydrogens (primary N) is 1. The molecule has 0 atom stereocenters. The summed E-state index contributed by atoms with van der Waals surface area (Å²) in [5.41, 5.74) is -0.448. The fraction of sp³-hybridized carbons (Fsp3) is 0.364. The second kappa shape index (κ2) is 4.53. The van der Waals surface area contributed by atoms with Gasteiger partial charge in [0.2, 0.25) is 10.0 Å². The summed E-state index contributed by atoms with van der Waals surface area (Å²) in [6, 6.07) is 1.00. The van der Waals surface area contributed by atoms with Crippen molar-refractivity contribution in [3.8, 4) is 0 Å². The number of hydrogen-bond donors (Lipinski definition) is 1. The predicted molar refractivity (Wildman–Crippen MR) is 62.8 cm³/mol. The molecular formula is C11H12F2N2O3S. The Morgan fingerprint density at radius 2 is 1.84 bits per heavy atom. The molecule has 1 aromatic carbocycles. The van der Waals surface area contributed by atoms with E-state index in [-0.39, 0.29) is 6.04 Å². The Bertz CT molecular complexity index is 642. The molecule has 19 heavy (non-hydrogen) atoms. The molecule has 0 aliphatic heterocycles. The van der Waals surface area contributed by atoms with Crippen LogP contribution in [0.15, 0.2) is 17.0 Å². The highest BCUT2D eigenvalue weighted by Crippen LogP contribution is 2.28. The zero-order valence-corrected chi connectivity index (χ0v) is 10.9. The normalized spacial score (nSPS) is 15.4. The number of carbonyl (C=O) groups is 1. The molecule has 0 unspecified atom stereocenters. The second-order valence-corrected chi connectivity index (χ2v) is 5.98. The van der Waals surface area contributed by atoms with Crippen molar-refractivity contribution in [1.29, 1.82) is 0 Å². The fourth-order valence-corrected chi connectivity index (χ4v) is 2.47. The van der Waals surface area contributed by atoms with Crippen molar-refractivity contribution in [2.45, 2.75) is 23.8 Å². The van der Waals surface area contributed by atoms with Crippen LogP contribution >= 0.6 is 0 Å². The van der Waals surface area contributed by atoms with Gasteiger partial charge < -0.3 is 4.90 Å². The summed E-state index contributed by atoms with van der Waals surface area (Å²) in [5.74, 6) is -3.35. The number of sulfonamides is 1. The average Bonchev–Trinajstić information content (AvgIpc) is 3.12. The molecule has 1 aliphatic carbocycles. The van der Waals surface area contributed by atoms with Gasteiger partial charge in [0.05, 0.1) is 10.5 Å². The Morgan fingerprint density at radius 1 is 1.32 bits per heavy atom. The highest BCUT2D eigenvalue weighted by molar-refractivity contribution is 7.89. The lowest BCUT2D eigenvalue weighted by Gasteiger charge is -2.18. The molecular weight excluding hydrogens is 278 g/mol. The van der Waals surface area contributed by atoms with Gasteiger partial charge in [-0.1, -0.05) is 0 Å². The molecule has 0 aromatic heterocycles. The predicted octanol–water partition coefficient (Wildman–Crippen LogP) is 0.847. The van der Waals surface area contributed by atoms with Gasteiger partial charge in [-0.25, -0.2) is 22.3 Å². The quantitative estimate of drug-likeness (QED) is 0.896. The Labute approximate surface area is 109 Å². The molecule has 0 radical (unpaired) electrons. The van der Waals surface area contributed by atoms with E-state index in [1.54, 1.807) is 0 Å². The minimum Gasteiger partial charge on any atom is -0.339 e. The topological polar surface area (TPSA) is 80.5 Å². The molecule has 0 saturated heterocycles. The second-order valence-electron chi connectivity index (χ2n) is 4.45. The first-order chi connectivity index (χ1) is 8.71. The number of carbonyl (C=O) groups excluding carboxylic acids is 1. The molecule has 1 fully saturated rings. The molecule has 1 aliphatic rings. The molecule has 0 heterocycles. The third kappa shape index (κ3) is 2.74. The Hall–Kier alpha value is -1.54.